The Balaban J connectivity index is 1.96. The standard InChI is InChI=1S/C12H18N2O2/c1-16-12(15)7-5-3-2-4-6-9-14-10-8-13-11-14/h5,7-8,10-11H,2-4,6,9H2,1H3/b7-5-. The summed E-state index contributed by atoms with van der Waals surface area (Å²) in [7, 11) is 1.39. The minimum absolute atomic E-state index is 0.279. The van der Waals surface area contributed by atoms with Crippen LogP contribution in [0.1, 0.15) is 25.7 Å². The molecule has 0 fully saturated rings. The van der Waals surface area contributed by atoms with Gasteiger partial charge >= 0.3 is 5.97 Å². The first-order valence-electron chi connectivity index (χ1n) is 5.53. The number of hydrogen-bond donors (Lipinski definition) is 0. The van der Waals surface area contributed by atoms with E-state index in [1.807, 2.05) is 18.6 Å². The normalized spacial score (nSPS) is 10.8. The zero-order valence-corrected chi connectivity index (χ0v) is 9.63. The second-order valence-electron chi connectivity index (χ2n) is 3.58. The number of rotatable bonds is 7. The number of unbranched alkanes of at least 4 members (excludes halogenated alkanes) is 3. The van der Waals surface area contributed by atoms with Crippen molar-refractivity contribution in [3.63, 3.8) is 0 Å². The number of aryl methyl sites for hydroxylation is 1. The Kier molecular flexibility index (Phi) is 5.99. The number of methoxy groups -OCH3 is 1. The van der Waals surface area contributed by atoms with Crippen molar-refractivity contribution >= 4 is 5.97 Å². The predicted octanol–water partition coefficient (Wildman–Crippen LogP) is 2.17. The molecule has 0 aromatic carbocycles. The molecule has 0 aliphatic heterocycles. The van der Waals surface area contributed by atoms with E-state index >= 15 is 0 Å². The molecule has 16 heavy (non-hydrogen) atoms. The highest BCUT2D eigenvalue weighted by molar-refractivity contribution is 5.81. The number of imidazole rings is 1. The van der Waals surface area contributed by atoms with Gasteiger partial charge in [0.15, 0.2) is 0 Å². The third-order valence-electron chi connectivity index (χ3n) is 2.30. The Morgan fingerprint density at radius 2 is 2.31 bits per heavy atom. The van der Waals surface area contributed by atoms with Crippen LogP contribution in [0.2, 0.25) is 0 Å². The Labute approximate surface area is 95.9 Å². The molecular weight excluding hydrogens is 204 g/mol. The highest BCUT2D eigenvalue weighted by Crippen LogP contribution is 2.03. The zero-order valence-electron chi connectivity index (χ0n) is 9.63. The number of nitrogens with zero attached hydrogens (tertiary/aromatic N) is 2. The highest BCUT2D eigenvalue weighted by atomic mass is 16.5. The Hall–Kier alpha value is -1.58. The second-order valence-corrected chi connectivity index (χ2v) is 3.58. The van der Waals surface area contributed by atoms with Crippen LogP contribution in [-0.2, 0) is 16.1 Å². The van der Waals surface area contributed by atoms with Gasteiger partial charge in [-0.15, -0.1) is 0 Å². The summed E-state index contributed by atoms with van der Waals surface area (Å²) in [5.74, 6) is -0.279. The van der Waals surface area contributed by atoms with E-state index in [9.17, 15) is 4.79 Å². The second kappa shape index (κ2) is 7.68. The lowest BCUT2D eigenvalue weighted by atomic mass is 10.2. The van der Waals surface area contributed by atoms with Gasteiger partial charge < -0.3 is 9.30 Å². The molecule has 0 atom stereocenters. The van der Waals surface area contributed by atoms with Crippen LogP contribution in [0.25, 0.3) is 0 Å². The van der Waals surface area contributed by atoms with Gasteiger partial charge in [-0.05, 0) is 19.3 Å². The maximum Gasteiger partial charge on any atom is 0.330 e. The Morgan fingerprint density at radius 1 is 1.44 bits per heavy atom. The quantitative estimate of drug-likeness (QED) is 0.403. The van der Waals surface area contributed by atoms with E-state index in [0.29, 0.717) is 0 Å². The van der Waals surface area contributed by atoms with Gasteiger partial charge in [0.25, 0.3) is 0 Å². The minimum atomic E-state index is -0.279. The Bertz CT molecular complexity index is 318. The SMILES string of the molecule is COC(=O)/C=C\CCCCCn1ccnc1. The first-order chi connectivity index (χ1) is 7.83. The van der Waals surface area contributed by atoms with Gasteiger partial charge in [0.2, 0.25) is 0 Å². The van der Waals surface area contributed by atoms with E-state index in [0.717, 1.165) is 32.2 Å². The highest BCUT2D eigenvalue weighted by Gasteiger charge is 1.92. The molecule has 0 spiro atoms. The van der Waals surface area contributed by atoms with E-state index in [-0.39, 0.29) is 5.97 Å². The summed E-state index contributed by atoms with van der Waals surface area (Å²) in [6.45, 7) is 1.01. The van der Waals surface area contributed by atoms with E-state index in [2.05, 4.69) is 14.3 Å². The summed E-state index contributed by atoms with van der Waals surface area (Å²) >= 11 is 0. The lowest BCUT2D eigenvalue weighted by Crippen LogP contribution is -1.94. The van der Waals surface area contributed by atoms with Gasteiger partial charge in [-0.2, -0.15) is 0 Å². The first-order valence-corrected chi connectivity index (χ1v) is 5.53. The van der Waals surface area contributed by atoms with Gasteiger partial charge in [0.05, 0.1) is 13.4 Å². The molecule has 0 aliphatic carbocycles. The largest absolute Gasteiger partial charge is 0.466 e. The maximum absolute atomic E-state index is 10.7. The molecule has 0 saturated heterocycles. The van der Waals surface area contributed by atoms with Crippen LogP contribution < -0.4 is 0 Å². The Morgan fingerprint density at radius 3 is 3.00 bits per heavy atom. The smallest absolute Gasteiger partial charge is 0.330 e. The van der Waals surface area contributed by atoms with E-state index in [1.165, 1.54) is 13.2 Å². The predicted molar refractivity (Wildman–Crippen MR) is 61.9 cm³/mol. The summed E-state index contributed by atoms with van der Waals surface area (Å²) in [6, 6.07) is 0. The summed E-state index contributed by atoms with van der Waals surface area (Å²) in [5, 5.41) is 0. The number of esters is 1. The number of carbonyl (C=O) groups excluding carboxylic acids is 1. The average Bonchev–Trinajstić information content (AvgIpc) is 2.80. The molecule has 0 bridgehead atoms. The van der Waals surface area contributed by atoms with Crippen LogP contribution in [0.5, 0.6) is 0 Å². The number of aromatic nitrogens is 2. The van der Waals surface area contributed by atoms with Gasteiger partial charge in [-0.25, -0.2) is 9.78 Å². The molecule has 1 heterocycles. The first kappa shape index (κ1) is 12.5. The fraction of sp³-hybridized carbons (Fsp3) is 0.500. The van der Waals surface area contributed by atoms with Gasteiger partial charge in [0, 0.05) is 25.0 Å². The third-order valence-corrected chi connectivity index (χ3v) is 2.30. The topological polar surface area (TPSA) is 44.1 Å². The van der Waals surface area contributed by atoms with Crippen LogP contribution in [0.4, 0.5) is 0 Å². The van der Waals surface area contributed by atoms with Crippen molar-refractivity contribution in [2.24, 2.45) is 0 Å². The molecule has 0 amide bonds. The third kappa shape index (κ3) is 5.34. The minimum Gasteiger partial charge on any atom is -0.466 e. The molecule has 1 aromatic heterocycles. The zero-order chi connectivity index (χ0) is 11.6. The van der Waals surface area contributed by atoms with Crippen molar-refractivity contribution in [3.8, 4) is 0 Å². The molecule has 1 rings (SSSR count). The molecule has 1 aromatic rings. The molecule has 0 unspecified atom stereocenters. The van der Waals surface area contributed by atoms with E-state index in [4.69, 9.17) is 0 Å². The van der Waals surface area contributed by atoms with Crippen LogP contribution in [0.3, 0.4) is 0 Å². The molecule has 88 valence electrons. The van der Waals surface area contributed by atoms with Gasteiger partial charge in [0.1, 0.15) is 0 Å². The lowest BCUT2D eigenvalue weighted by Gasteiger charge is -2.00. The van der Waals surface area contributed by atoms with Crippen molar-refractivity contribution in [3.05, 3.63) is 30.9 Å². The number of allylic oxidation sites excluding steroid dienone is 1. The summed E-state index contributed by atoms with van der Waals surface area (Å²) < 4.78 is 6.56. The molecule has 0 N–H and O–H groups in total. The van der Waals surface area contributed by atoms with E-state index in [1.54, 1.807) is 6.20 Å². The molecular formula is C12H18N2O2. The number of hydrogen-bond acceptors (Lipinski definition) is 3. The van der Waals surface area contributed by atoms with E-state index < -0.39 is 0 Å². The monoisotopic (exact) mass is 222 g/mol. The van der Waals surface area contributed by atoms with Crippen LogP contribution >= 0.6 is 0 Å². The van der Waals surface area contributed by atoms with Crippen LogP contribution in [0.15, 0.2) is 30.9 Å². The van der Waals surface area contributed by atoms with Crippen molar-refractivity contribution in [2.45, 2.75) is 32.2 Å². The fourth-order valence-corrected chi connectivity index (χ4v) is 1.40. The fourth-order valence-electron chi connectivity index (χ4n) is 1.40. The summed E-state index contributed by atoms with van der Waals surface area (Å²) in [6.07, 6.45) is 13.3. The van der Waals surface area contributed by atoms with Crippen molar-refractivity contribution < 1.29 is 9.53 Å². The van der Waals surface area contributed by atoms with Gasteiger partial charge in [-0.3, -0.25) is 0 Å². The van der Waals surface area contributed by atoms with Crippen LogP contribution in [-0.4, -0.2) is 22.6 Å². The molecule has 0 aliphatic rings. The number of ether oxygens (including phenoxy) is 1. The average molecular weight is 222 g/mol. The van der Waals surface area contributed by atoms with Crippen molar-refractivity contribution in [1.82, 2.24) is 9.55 Å². The molecule has 4 nitrogen and oxygen atoms in total. The number of carbonyl (C=O) groups is 1. The summed E-state index contributed by atoms with van der Waals surface area (Å²) in [5.41, 5.74) is 0. The lowest BCUT2D eigenvalue weighted by molar-refractivity contribution is -0.134. The maximum atomic E-state index is 10.7. The molecule has 4 heteroatoms. The van der Waals surface area contributed by atoms with Gasteiger partial charge in [-0.1, -0.05) is 12.5 Å². The molecule has 0 radical (unpaired) electrons. The van der Waals surface area contributed by atoms with Crippen LogP contribution in [0, 0.1) is 0 Å². The van der Waals surface area contributed by atoms with Crippen molar-refractivity contribution in [1.29, 1.82) is 0 Å². The van der Waals surface area contributed by atoms with Crippen molar-refractivity contribution in [2.75, 3.05) is 7.11 Å². The molecule has 0 saturated carbocycles. The summed E-state index contributed by atoms with van der Waals surface area (Å²) in [4.78, 5) is 14.7.